The van der Waals surface area contributed by atoms with Crippen molar-refractivity contribution in [2.75, 3.05) is 13.1 Å². The summed E-state index contributed by atoms with van der Waals surface area (Å²) >= 11 is 3.46. The number of rotatable bonds is 2. The Morgan fingerprint density at radius 2 is 2.32 bits per heavy atom. The predicted octanol–water partition coefficient (Wildman–Crippen LogP) is 2.97. The maximum absolute atomic E-state index is 12.3. The van der Waals surface area contributed by atoms with Crippen LogP contribution in [0.1, 0.15) is 18.7 Å². The molecule has 2 N–H and O–H groups in total. The van der Waals surface area contributed by atoms with E-state index in [0.29, 0.717) is 22.6 Å². The molecule has 3 aromatic rings. The third kappa shape index (κ3) is 2.46. The zero-order valence-electron chi connectivity index (χ0n) is 12.0. The number of H-pyrrole nitrogens is 1. The topological polar surface area (TPSA) is 70.9 Å². The highest BCUT2D eigenvalue weighted by Crippen LogP contribution is 2.28. The highest BCUT2D eigenvalue weighted by molar-refractivity contribution is 9.10. The molecule has 114 valence electrons. The molecule has 1 atom stereocenters. The number of benzene rings is 1. The molecule has 3 heterocycles. The van der Waals surface area contributed by atoms with Crippen LogP contribution in [0.25, 0.3) is 22.1 Å². The lowest BCUT2D eigenvalue weighted by Crippen LogP contribution is -2.31. The van der Waals surface area contributed by atoms with Crippen LogP contribution in [-0.4, -0.2) is 23.1 Å². The van der Waals surface area contributed by atoms with Crippen molar-refractivity contribution in [1.29, 1.82) is 0 Å². The van der Waals surface area contributed by atoms with E-state index in [1.165, 1.54) is 12.8 Å². The fourth-order valence-electron chi connectivity index (χ4n) is 3.14. The molecule has 0 saturated carbocycles. The van der Waals surface area contributed by atoms with Gasteiger partial charge in [-0.1, -0.05) is 15.9 Å². The number of nitrogens with one attached hydrogen (secondary N) is 2. The van der Waals surface area contributed by atoms with E-state index in [1.54, 1.807) is 0 Å². The normalized spacial score (nSPS) is 19.0. The Bertz CT molecular complexity index is 893. The smallest absolute Gasteiger partial charge is 0.294 e. The number of furan rings is 1. The zero-order chi connectivity index (χ0) is 15.1. The lowest BCUT2D eigenvalue weighted by atomic mass is 9.96. The van der Waals surface area contributed by atoms with E-state index in [1.807, 2.05) is 18.2 Å². The molecule has 5 nitrogen and oxygen atoms in total. The van der Waals surface area contributed by atoms with E-state index in [2.05, 4.69) is 31.2 Å². The van der Waals surface area contributed by atoms with Gasteiger partial charge in [-0.3, -0.25) is 4.79 Å². The van der Waals surface area contributed by atoms with Crippen molar-refractivity contribution in [3.8, 4) is 0 Å². The Kier molecular flexibility index (Phi) is 3.50. The number of hydrogen-bond donors (Lipinski definition) is 2. The van der Waals surface area contributed by atoms with Gasteiger partial charge in [-0.2, -0.15) is 0 Å². The average molecular weight is 362 g/mol. The van der Waals surface area contributed by atoms with Crippen LogP contribution in [0.2, 0.25) is 0 Å². The maximum Gasteiger partial charge on any atom is 0.294 e. The quantitative estimate of drug-likeness (QED) is 0.735. The summed E-state index contributed by atoms with van der Waals surface area (Å²) < 4.78 is 6.59. The van der Waals surface area contributed by atoms with Crippen LogP contribution in [0.3, 0.4) is 0 Å². The fourth-order valence-corrected chi connectivity index (χ4v) is 3.50. The minimum atomic E-state index is -0.198. The number of piperidine rings is 1. The van der Waals surface area contributed by atoms with Crippen molar-refractivity contribution in [2.45, 2.75) is 19.3 Å². The first-order chi connectivity index (χ1) is 10.7. The fraction of sp³-hybridized carbons (Fsp3) is 0.375. The minimum Gasteiger partial charge on any atom is -0.449 e. The molecule has 22 heavy (non-hydrogen) atoms. The number of hydrogen-bond acceptors (Lipinski definition) is 4. The molecule has 0 unspecified atom stereocenters. The van der Waals surface area contributed by atoms with Crippen LogP contribution in [-0.2, 0) is 6.42 Å². The molecule has 1 aliphatic heterocycles. The molecule has 1 aromatic carbocycles. The predicted molar refractivity (Wildman–Crippen MR) is 89.1 cm³/mol. The van der Waals surface area contributed by atoms with Gasteiger partial charge in [0.2, 0.25) is 5.58 Å². The first kappa shape index (κ1) is 14.0. The van der Waals surface area contributed by atoms with Gasteiger partial charge in [0, 0.05) is 16.3 Å². The number of fused-ring (bicyclic) bond motifs is 3. The summed E-state index contributed by atoms with van der Waals surface area (Å²) in [6.45, 7) is 2.07. The second kappa shape index (κ2) is 5.52. The molecule has 4 rings (SSSR count). The van der Waals surface area contributed by atoms with Gasteiger partial charge < -0.3 is 14.7 Å². The van der Waals surface area contributed by atoms with Crippen LogP contribution in [0.5, 0.6) is 0 Å². The summed E-state index contributed by atoms with van der Waals surface area (Å²) in [5, 5.41) is 4.27. The van der Waals surface area contributed by atoms with Gasteiger partial charge in [0.15, 0.2) is 0 Å². The van der Waals surface area contributed by atoms with Crippen LogP contribution >= 0.6 is 15.9 Å². The van der Waals surface area contributed by atoms with Gasteiger partial charge in [-0.25, -0.2) is 4.98 Å². The van der Waals surface area contributed by atoms with E-state index in [9.17, 15) is 4.79 Å². The molecule has 0 amide bonds. The first-order valence-electron chi connectivity index (χ1n) is 7.52. The number of nitrogens with zero attached hydrogens (tertiary/aromatic N) is 1. The van der Waals surface area contributed by atoms with Crippen molar-refractivity contribution in [1.82, 2.24) is 15.3 Å². The number of aromatic amines is 1. The van der Waals surface area contributed by atoms with Gasteiger partial charge in [-0.05, 0) is 50.0 Å². The first-order valence-corrected chi connectivity index (χ1v) is 8.32. The summed E-state index contributed by atoms with van der Waals surface area (Å²) in [6, 6.07) is 5.69. The van der Waals surface area contributed by atoms with Gasteiger partial charge in [0.1, 0.15) is 16.9 Å². The molecule has 6 heteroatoms. The summed E-state index contributed by atoms with van der Waals surface area (Å²) in [5.41, 5.74) is 1.45. The van der Waals surface area contributed by atoms with E-state index in [0.717, 1.165) is 35.2 Å². The van der Waals surface area contributed by atoms with E-state index in [-0.39, 0.29) is 5.56 Å². The van der Waals surface area contributed by atoms with Crippen LogP contribution < -0.4 is 10.9 Å². The molecule has 1 fully saturated rings. The Morgan fingerprint density at radius 1 is 1.41 bits per heavy atom. The SMILES string of the molecule is O=c1[nH]c(C[C@@H]2CCCNC2)nc2c1oc1ccc(Br)cc12. The summed E-state index contributed by atoms with van der Waals surface area (Å²) in [6.07, 6.45) is 3.14. The number of aromatic nitrogens is 2. The van der Waals surface area contributed by atoms with Gasteiger partial charge in [0.05, 0.1) is 0 Å². The average Bonchev–Trinajstić information content (AvgIpc) is 2.87. The van der Waals surface area contributed by atoms with Gasteiger partial charge in [0.25, 0.3) is 5.56 Å². The van der Waals surface area contributed by atoms with E-state index >= 15 is 0 Å². The lowest BCUT2D eigenvalue weighted by Gasteiger charge is -2.21. The lowest BCUT2D eigenvalue weighted by molar-refractivity contribution is 0.370. The molecule has 2 aromatic heterocycles. The van der Waals surface area contributed by atoms with E-state index in [4.69, 9.17) is 4.42 Å². The largest absolute Gasteiger partial charge is 0.449 e. The molecule has 0 radical (unpaired) electrons. The van der Waals surface area contributed by atoms with Crippen LogP contribution in [0.15, 0.2) is 31.9 Å². The van der Waals surface area contributed by atoms with E-state index < -0.39 is 0 Å². The second-order valence-electron chi connectivity index (χ2n) is 5.85. The second-order valence-corrected chi connectivity index (χ2v) is 6.77. The Balaban J connectivity index is 1.81. The monoisotopic (exact) mass is 361 g/mol. The Hall–Kier alpha value is -1.66. The minimum absolute atomic E-state index is 0.198. The Labute approximate surface area is 135 Å². The summed E-state index contributed by atoms with van der Waals surface area (Å²) in [4.78, 5) is 19.8. The Morgan fingerprint density at radius 3 is 3.14 bits per heavy atom. The van der Waals surface area contributed by atoms with Gasteiger partial charge in [-0.15, -0.1) is 0 Å². The maximum atomic E-state index is 12.3. The molecule has 0 aliphatic carbocycles. The third-order valence-corrected chi connectivity index (χ3v) is 4.71. The third-order valence-electron chi connectivity index (χ3n) is 4.22. The van der Waals surface area contributed by atoms with Gasteiger partial charge >= 0.3 is 0 Å². The van der Waals surface area contributed by atoms with Crippen molar-refractivity contribution in [3.63, 3.8) is 0 Å². The van der Waals surface area contributed by atoms with Crippen molar-refractivity contribution in [2.24, 2.45) is 5.92 Å². The highest BCUT2D eigenvalue weighted by atomic mass is 79.9. The molecular weight excluding hydrogens is 346 g/mol. The van der Waals surface area contributed by atoms with Crippen molar-refractivity contribution in [3.05, 3.63) is 38.9 Å². The van der Waals surface area contributed by atoms with Crippen LogP contribution in [0.4, 0.5) is 0 Å². The molecule has 1 saturated heterocycles. The molecule has 1 aliphatic rings. The molecular formula is C16H16BrN3O2. The van der Waals surface area contributed by atoms with Crippen molar-refractivity contribution < 1.29 is 4.42 Å². The zero-order valence-corrected chi connectivity index (χ0v) is 13.6. The highest BCUT2D eigenvalue weighted by Gasteiger charge is 2.18. The summed E-state index contributed by atoms with van der Waals surface area (Å²) in [7, 11) is 0. The van der Waals surface area contributed by atoms with Crippen molar-refractivity contribution >= 4 is 38.0 Å². The standard InChI is InChI=1S/C16H16BrN3O2/c17-10-3-4-12-11(7-10)14-15(22-12)16(21)20-13(19-14)6-9-2-1-5-18-8-9/h3-4,7,9,18H,1-2,5-6,8H2,(H,19,20,21)/t9-/m0/s1. The molecule has 0 spiro atoms. The summed E-state index contributed by atoms with van der Waals surface area (Å²) in [5.74, 6) is 1.27. The molecule has 0 bridgehead atoms. The number of halogens is 1. The van der Waals surface area contributed by atoms with Crippen LogP contribution in [0, 0.1) is 5.92 Å².